The van der Waals surface area contributed by atoms with Gasteiger partial charge in [0.1, 0.15) is 17.5 Å². The third-order valence-corrected chi connectivity index (χ3v) is 9.20. The van der Waals surface area contributed by atoms with Crippen LogP contribution in [0.5, 0.6) is 5.88 Å². The summed E-state index contributed by atoms with van der Waals surface area (Å²) in [6.45, 7) is 1.35. The zero-order valence-corrected chi connectivity index (χ0v) is 22.1. The van der Waals surface area contributed by atoms with Crippen LogP contribution >= 0.6 is 0 Å². The fourth-order valence-electron chi connectivity index (χ4n) is 5.49. The third kappa shape index (κ3) is 5.46. The van der Waals surface area contributed by atoms with Crippen molar-refractivity contribution in [2.24, 2.45) is 5.41 Å². The predicted molar refractivity (Wildman–Crippen MR) is 143 cm³/mol. The number of hydrogen-bond donors (Lipinski definition) is 2. The molecule has 2 N–H and O–H groups in total. The summed E-state index contributed by atoms with van der Waals surface area (Å²) in [5.41, 5.74) is 3.78. The summed E-state index contributed by atoms with van der Waals surface area (Å²) in [5, 5.41) is 17.9. The van der Waals surface area contributed by atoms with Gasteiger partial charge in [-0.05, 0) is 75.0 Å². The molecule has 1 spiro atoms. The first kappa shape index (κ1) is 25.1. The molecule has 3 fully saturated rings. The largest absolute Gasteiger partial charge is 0.473 e. The molecule has 1 saturated heterocycles. The van der Waals surface area contributed by atoms with E-state index in [-0.39, 0.29) is 11.9 Å². The molecule has 3 aliphatic rings. The predicted octanol–water partition coefficient (Wildman–Crippen LogP) is 3.16. The highest BCUT2D eigenvalue weighted by Gasteiger charge is 2.44. The Labute approximate surface area is 222 Å². The van der Waals surface area contributed by atoms with Crippen molar-refractivity contribution in [1.29, 1.82) is 0 Å². The van der Waals surface area contributed by atoms with E-state index in [2.05, 4.69) is 29.9 Å². The minimum absolute atomic E-state index is 0.186. The summed E-state index contributed by atoms with van der Waals surface area (Å²) in [6.07, 6.45) is 14.5. The topological polar surface area (TPSA) is 135 Å². The highest BCUT2D eigenvalue weighted by atomic mass is 32.2. The van der Waals surface area contributed by atoms with E-state index in [1.165, 1.54) is 25.7 Å². The Morgan fingerprint density at radius 1 is 1.05 bits per heavy atom. The van der Waals surface area contributed by atoms with Crippen LogP contribution < -0.4 is 14.4 Å². The second-order valence-electron chi connectivity index (χ2n) is 10.7. The summed E-state index contributed by atoms with van der Waals surface area (Å²) in [7, 11) is -3.64. The lowest BCUT2D eigenvalue weighted by Gasteiger charge is -2.35. The van der Waals surface area contributed by atoms with Crippen LogP contribution in [0.15, 0.2) is 36.8 Å². The molecule has 202 valence electrons. The number of anilines is 2. The van der Waals surface area contributed by atoms with Crippen LogP contribution in [0, 0.1) is 5.41 Å². The zero-order valence-electron chi connectivity index (χ0n) is 21.3. The molecule has 2 aromatic heterocycles. The second kappa shape index (κ2) is 10.1. The fourth-order valence-corrected chi connectivity index (χ4v) is 6.32. The van der Waals surface area contributed by atoms with Crippen LogP contribution in [0.2, 0.25) is 0 Å². The molecule has 3 aromatic rings. The Hall–Kier alpha value is -3.25. The Bertz CT molecular complexity index is 1390. The molecule has 12 heteroatoms. The van der Waals surface area contributed by atoms with Gasteiger partial charge in [-0.3, -0.25) is 9.71 Å². The van der Waals surface area contributed by atoms with E-state index < -0.39 is 16.6 Å². The van der Waals surface area contributed by atoms with Crippen molar-refractivity contribution in [3.8, 4) is 23.0 Å². The molecule has 1 aromatic carbocycles. The first-order valence-corrected chi connectivity index (χ1v) is 15.0. The quantitative estimate of drug-likeness (QED) is 0.420. The van der Waals surface area contributed by atoms with Crippen molar-refractivity contribution in [3.05, 3.63) is 36.8 Å². The smallest absolute Gasteiger partial charge is 0.234 e. The van der Waals surface area contributed by atoms with Crippen molar-refractivity contribution >= 4 is 21.4 Å². The zero-order chi connectivity index (χ0) is 26.2. The van der Waals surface area contributed by atoms with Gasteiger partial charge in [-0.2, -0.15) is 0 Å². The second-order valence-corrected chi connectivity index (χ2v) is 12.5. The summed E-state index contributed by atoms with van der Waals surface area (Å²) in [6, 6.07) is 5.39. The summed E-state index contributed by atoms with van der Waals surface area (Å²) < 4.78 is 34.9. The molecule has 0 unspecified atom stereocenters. The molecule has 6 rings (SSSR count). The van der Waals surface area contributed by atoms with E-state index in [1.54, 1.807) is 23.1 Å². The van der Waals surface area contributed by atoms with E-state index in [0.29, 0.717) is 28.4 Å². The van der Waals surface area contributed by atoms with E-state index in [9.17, 15) is 8.42 Å². The number of sulfonamides is 1. The van der Waals surface area contributed by atoms with Crippen LogP contribution in [-0.2, 0) is 10.0 Å². The average Bonchev–Trinajstić information content (AvgIpc) is 3.27. The molecule has 0 atom stereocenters. The number of benzene rings is 1. The van der Waals surface area contributed by atoms with Crippen molar-refractivity contribution in [1.82, 2.24) is 25.0 Å². The van der Waals surface area contributed by atoms with Gasteiger partial charge < -0.3 is 14.7 Å². The maximum atomic E-state index is 12.3. The molecule has 1 aliphatic heterocycles. The number of nitrogens with one attached hydrogen (secondary N) is 1. The molecule has 0 radical (unpaired) electrons. The van der Waals surface area contributed by atoms with Gasteiger partial charge in [0.2, 0.25) is 15.9 Å². The average molecular weight is 540 g/mol. The molecular weight excluding hydrogens is 506 g/mol. The Kier molecular flexibility index (Phi) is 6.68. The Morgan fingerprint density at radius 3 is 2.58 bits per heavy atom. The lowest BCUT2D eigenvalue weighted by atomic mass is 9.93. The highest BCUT2D eigenvalue weighted by molar-refractivity contribution is 7.92. The maximum Gasteiger partial charge on any atom is 0.234 e. The van der Waals surface area contributed by atoms with E-state index in [4.69, 9.17) is 9.84 Å². The first-order chi connectivity index (χ1) is 18.4. The molecular formula is C26H33N7O4S. The Morgan fingerprint density at radius 2 is 1.84 bits per heavy atom. The van der Waals surface area contributed by atoms with Gasteiger partial charge in [0.15, 0.2) is 0 Å². The van der Waals surface area contributed by atoms with Gasteiger partial charge in [0, 0.05) is 13.1 Å². The van der Waals surface area contributed by atoms with Crippen LogP contribution in [0.4, 0.5) is 11.4 Å². The lowest BCUT2D eigenvalue weighted by Crippen LogP contribution is -2.35. The molecule has 3 heterocycles. The van der Waals surface area contributed by atoms with Crippen molar-refractivity contribution in [2.75, 3.05) is 35.1 Å². The number of aromatic nitrogens is 5. The molecule has 38 heavy (non-hydrogen) atoms. The number of piperidine rings is 1. The van der Waals surface area contributed by atoms with Gasteiger partial charge in [-0.25, -0.2) is 18.1 Å². The number of aliphatic hydroxyl groups excluding tert-OH is 1. The number of hydrogen-bond acceptors (Lipinski definition) is 9. The fraction of sp³-hybridized carbons (Fsp3) is 0.538. The molecule has 0 bridgehead atoms. The van der Waals surface area contributed by atoms with Gasteiger partial charge in [0.25, 0.3) is 0 Å². The van der Waals surface area contributed by atoms with Crippen molar-refractivity contribution < 1.29 is 18.3 Å². The van der Waals surface area contributed by atoms with Gasteiger partial charge in [-0.1, -0.05) is 5.21 Å². The molecule has 2 saturated carbocycles. The monoisotopic (exact) mass is 539 g/mol. The van der Waals surface area contributed by atoms with Gasteiger partial charge >= 0.3 is 0 Å². The molecule has 2 aliphatic carbocycles. The number of aliphatic hydroxyl groups is 1. The number of nitrogens with zero attached hydrogens (tertiary/aromatic N) is 6. The Balaban J connectivity index is 1.28. The van der Waals surface area contributed by atoms with Crippen LogP contribution in [0.3, 0.4) is 0 Å². The van der Waals surface area contributed by atoms with Gasteiger partial charge in [0.05, 0.1) is 48.0 Å². The normalized spacial score (nSPS) is 19.1. The van der Waals surface area contributed by atoms with Crippen LogP contribution in [0.25, 0.3) is 17.1 Å². The third-order valence-electron chi connectivity index (χ3n) is 7.94. The summed E-state index contributed by atoms with van der Waals surface area (Å²) in [5.74, 6) is 0.138. The first-order valence-electron chi connectivity index (χ1n) is 13.3. The minimum atomic E-state index is -3.64. The van der Waals surface area contributed by atoms with Crippen LogP contribution in [0.1, 0.15) is 51.4 Å². The van der Waals surface area contributed by atoms with E-state index >= 15 is 0 Å². The number of rotatable bonds is 9. The molecule has 0 amide bonds. The summed E-state index contributed by atoms with van der Waals surface area (Å²) >= 11 is 0. The molecule has 11 nitrogen and oxygen atoms in total. The SMILES string of the molecule is O=S(=O)(CCO)Nc1ccc(-n2cc(-c3cncc(OC4CCCC4)n3)nn2)c(N2CCC3(CC2)CC3)c1. The highest BCUT2D eigenvalue weighted by Crippen LogP contribution is 2.54. The summed E-state index contributed by atoms with van der Waals surface area (Å²) in [4.78, 5) is 11.2. The van der Waals surface area contributed by atoms with Gasteiger partial charge in [-0.15, -0.1) is 5.10 Å². The van der Waals surface area contributed by atoms with E-state index in [1.807, 2.05) is 18.3 Å². The minimum Gasteiger partial charge on any atom is -0.473 e. The standard InChI is InChI=1S/C26H33N7O4S/c34-13-14-38(35,36)30-19-5-6-23(24(15-19)32-11-9-26(7-8-26)10-12-32)33-18-22(29-31-33)21-16-27-17-25(28-21)37-20-3-1-2-4-20/h5-6,15-18,20,30,34H,1-4,7-14H2. The van der Waals surface area contributed by atoms with E-state index in [0.717, 1.165) is 50.1 Å². The van der Waals surface area contributed by atoms with Crippen molar-refractivity contribution in [3.63, 3.8) is 0 Å². The van der Waals surface area contributed by atoms with Crippen molar-refractivity contribution in [2.45, 2.75) is 57.5 Å². The van der Waals surface area contributed by atoms with Crippen LogP contribution in [-0.4, -0.2) is 70.0 Å². The maximum absolute atomic E-state index is 12.3. The lowest BCUT2D eigenvalue weighted by molar-refractivity contribution is 0.201. The number of ether oxygens (including phenoxy) is 1.